The molecule has 0 aromatic heterocycles. The molecule has 0 bridgehead atoms. The number of benzene rings is 1. The molecule has 0 amide bonds. The molecule has 1 aromatic carbocycles. The summed E-state index contributed by atoms with van der Waals surface area (Å²) in [5, 5.41) is 18.9. The third-order valence-electron chi connectivity index (χ3n) is 2.92. The first-order valence-electron chi connectivity index (χ1n) is 6.36. The summed E-state index contributed by atoms with van der Waals surface area (Å²) in [5.74, 6) is 1.50. The molecule has 0 aliphatic heterocycles. The number of phenolic OH excluding ortho intramolecular Hbond substituents is 2. The summed E-state index contributed by atoms with van der Waals surface area (Å²) >= 11 is 4.18. The first-order chi connectivity index (χ1) is 8.24. The van der Waals surface area contributed by atoms with E-state index < -0.39 is 0 Å². The molecule has 3 heteroatoms. The Labute approximate surface area is 109 Å². The Morgan fingerprint density at radius 2 is 1.53 bits per heavy atom. The van der Waals surface area contributed by atoms with Crippen LogP contribution in [0.5, 0.6) is 11.5 Å². The minimum atomic E-state index is 0.228. The molecule has 0 radical (unpaired) electrons. The molecule has 0 saturated carbocycles. The molecule has 2 nitrogen and oxygen atoms in total. The Kier molecular flexibility index (Phi) is 6.94. The van der Waals surface area contributed by atoms with E-state index in [2.05, 4.69) is 12.6 Å². The van der Waals surface area contributed by atoms with Crippen LogP contribution in [0.15, 0.2) is 18.2 Å². The van der Waals surface area contributed by atoms with Gasteiger partial charge in [-0.25, -0.2) is 0 Å². The smallest absolute Gasteiger partial charge is 0.119 e. The molecular weight excluding hydrogens is 232 g/mol. The average molecular weight is 254 g/mol. The summed E-state index contributed by atoms with van der Waals surface area (Å²) in [7, 11) is 0. The summed E-state index contributed by atoms with van der Waals surface area (Å²) in [4.78, 5) is 0. The van der Waals surface area contributed by atoms with Crippen molar-refractivity contribution in [2.24, 2.45) is 0 Å². The van der Waals surface area contributed by atoms with Crippen molar-refractivity contribution in [1.82, 2.24) is 0 Å². The fourth-order valence-corrected chi connectivity index (χ4v) is 2.13. The molecule has 0 spiro atoms. The molecule has 0 fully saturated rings. The number of aryl methyl sites for hydroxylation is 1. The number of aromatic hydroxyl groups is 2. The van der Waals surface area contributed by atoms with Gasteiger partial charge in [0.15, 0.2) is 0 Å². The maximum Gasteiger partial charge on any atom is 0.119 e. The highest BCUT2D eigenvalue weighted by atomic mass is 32.1. The fourth-order valence-electron chi connectivity index (χ4n) is 1.91. The fraction of sp³-hybridized carbons (Fsp3) is 0.571. The van der Waals surface area contributed by atoms with Crippen LogP contribution in [0.25, 0.3) is 0 Å². The van der Waals surface area contributed by atoms with Gasteiger partial charge in [-0.2, -0.15) is 12.6 Å². The number of hydrogen-bond acceptors (Lipinski definition) is 3. The Bertz CT molecular complexity index is 326. The van der Waals surface area contributed by atoms with Gasteiger partial charge in [0, 0.05) is 0 Å². The van der Waals surface area contributed by atoms with E-state index in [0.29, 0.717) is 0 Å². The van der Waals surface area contributed by atoms with Crippen LogP contribution in [0.1, 0.15) is 44.1 Å². The summed E-state index contributed by atoms with van der Waals surface area (Å²) < 4.78 is 0. The molecule has 0 saturated heterocycles. The normalized spacial score (nSPS) is 10.6. The standard InChI is InChI=1S/C14H22O2S/c15-13-8-9-14(16)12(11-13)7-5-3-1-2-4-6-10-17/h8-9,11,15-17H,1-7,10H2. The van der Waals surface area contributed by atoms with E-state index in [0.717, 1.165) is 24.2 Å². The van der Waals surface area contributed by atoms with Crippen molar-refractivity contribution in [2.45, 2.75) is 44.9 Å². The third-order valence-corrected chi connectivity index (χ3v) is 3.23. The van der Waals surface area contributed by atoms with Crippen LogP contribution in [0.4, 0.5) is 0 Å². The maximum absolute atomic E-state index is 9.59. The molecule has 17 heavy (non-hydrogen) atoms. The summed E-state index contributed by atoms with van der Waals surface area (Å²) in [6, 6.07) is 4.71. The summed E-state index contributed by atoms with van der Waals surface area (Å²) in [6.07, 6.45) is 8.07. The Hall–Kier alpha value is -0.830. The molecule has 96 valence electrons. The van der Waals surface area contributed by atoms with E-state index in [9.17, 15) is 10.2 Å². The van der Waals surface area contributed by atoms with Crippen molar-refractivity contribution in [3.63, 3.8) is 0 Å². The Morgan fingerprint density at radius 1 is 0.882 bits per heavy atom. The van der Waals surface area contributed by atoms with Gasteiger partial charge in [-0.3, -0.25) is 0 Å². The van der Waals surface area contributed by atoms with Gasteiger partial charge >= 0.3 is 0 Å². The predicted molar refractivity (Wildman–Crippen MR) is 75.0 cm³/mol. The van der Waals surface area contributed by atoms with Gasteiger partial charge in [0.2, 0.25) is 0 Å². The highest BCUT2D eigenvalue weighted by molar-refractivity contribution is 7.80. The van der Waals surface area contributed by atoms with Crippen molar-refractivity contribution < 1.29 is 10.2 Å². The third kappa shape index (κ3) is 5.87. The highest BCUT2D eigenvalue weighted by Gasteiger charge is 2.02. The molecule has 1 aromatic rings. The van der Waals surface area contributed by atoms with Crippen molar-refractivity contribution >= 4 is 12.6 Å². The Morgan fingerprint density at radius 3 is 2.24 bits per heavy atom. The lowest BCUT2D eigenvalue weighted by molar-refractivity contribution is 0.452. The number of unbranched alkanes of at least 4 members (excludes halogenated alkanes) is 5. The van der Waals surface area contributed by atoms with Crippen molar-refractivity contribution in [1.29, 1.82) is 0 Å². The zero-order valence-corrected chi connectivity index (χ0v) is 11.1. The van der Waals surface area contributed by atoms with Crippen molar-refractivity contribution in [2.75, 3.05) is 5.75 Å². The van der Waals surface area contributed by atoms with Crippen LogP contribution in [0.2, 0.25) is 0 Å². The zero-order chi connectivity index (χ0) is 12.5. The van der Waals surface area contributed by atoms with Crippen molar-refractivity contribution in [3.05, 3.63) is 23.8 Å². The minimum absolute atomic E-state index is 0.228. The van der Waals surface area contributed by atoms with E-state index in [1.54, 1.807) is 12.1 Å². The van der Waals surface area contributed by atoms with E-state index in [1.807, 2.05) is 0 Å². The van der Waals surface area contributed by atoms with Crippen LogP contribution >= 0.6 is 12.6 Å². The molecular formula is C14H22O2S. The lowest BCUT2D eigenvalue weighted by Gasteiger charge is -2.05. The van der Waals surface area contributed by atoms with Gasteiger partial charge in [0.1, 0.15) is 11.5 Å². The molecule has 0 aliphatic carbocycles. The van der Waals surface area contributed by atoms with E-state index in [1.165, 1.54) is 38.2 Å². The van der Waals surface area contributed by atoms with Crippen LogP contribution in [-0.4, -0.2) is 16.0 Å². The van der Waals surface area contributed by atoms with E-state index >= 15 is 0 Å². The molecule has 0 unspecified atom stereocenters. The largest absolute Gasteiger partial charge is 0.508 e. The van der Waals surface area contributed by atoms with Gasteiger partial charge < -0.3 is 10.2 Å². The number of thiol groups is 1. The maximum atomic E-state index is 9.59. The van der Waals surface area contributed by atoms with Gasteiger partial charge in [0.25, 0.3) is 0 Å². The van der Waals surface area contributed by atoms with Crippen LogP contribution in [0, 0.1) is 0 Å². The topological polar surface area (TPSA) is 40.5 Å². The first-order valence-corrected chi connectivity index (χ1v) is 6.99. The van der Waals surface area contributed by atoms with Crippen LogP contribution in [-0.2, 0) is 6.42 Å². The number of rotatable bonds is 8. The average Bonchev–Trinajstić information content (AvgIpc) is 2.32. The summed E-state index contributed by atoms with van der Waals surface area (Å²) in [6.45, 7) is 0. The van der Waals surface area contributed by atoms with Gasteiger partial charge in [0.05, 0.1) is 0 Å². The van der Waals surface area contributed by atoms with E-state index in [-0.39, 0.29) is 11.5 Å². The lowest BCUT2D eigenvalue weighted by atomic mass is 10.0. The van der Waals surface area contributed by atoms with Crippen molar-refractivity contribution in [3.8, 4) is 11.5 Å². The predicted octanol–water partition coefficient (Wildman–Crippen LogP) is 3.91. The molecule has 1 rings (SSSR count). The molecule has 0 heterocycles. The highest BCUT2D eigenvalue weighted by Crippen LogP contribution is 2.24. The number of hydrogen-bond donors (Lipinski definition) is 3. The SMILES string of the molecule is Oc1ccc(O)c(CCCCCCCCS)c1. The minimum Gasteiger partial charge on any atom is -0.508 e. The quantitative estimate of drug-likeness (QED) is 0.374. The lowest BCUT2D eigenvalue weighted by Crippen LogP contribution is -1.87. The number of phenols is 2. The molecule has 2 N–H and O–H groups in total. The van der Waals surface area contributed by atoms with Crippen LogP contribution < -0.4 is 0 Å². The second-order valence-electron chi connectivity index (χ2n) is 4.41. The van der Waals surface area contributed by atoms with Gasteiger partial charge in [-0.15, -0.1) is 0 Å². The second-order valence-corrected chi connectivity index (χ2v) is 4.86. The second kappa shape index (κ2) is 8.29. The monoisotopic (exact) mass is 254 g/mol. The van der Waals surface area contributed by atoms with Crippen LogP contribution in [0.3, 0.4) is 0 Å². The van der Waals surface area contributed by atoms with Gasteiger partial charge in [-0.1, -0.05) is 25.7 Å². The Balaban J connectivity index is 2.15. The molecule has 0 atom stereocenters. The molecule has 0 aliphatic rings. The van der Waals surface area contributed by atoms with Gasteiger partial charge in [-0.05, 0) is 48.8 Å². The first kappa shape index (κ1) is 14.2. The summed E-state index contributed by atoms with van der Waals surface area (Å²) in [5.41, 5.74) is 0.848. The zero-order valence-electron chi connectivity index (χ0n) is 10.2. The van der Waals surface area contributed by atoms with E-state index in [4.69, 9.17) is 0 Å².